The summed E-state index contributed by atoms with van der Waals surface area (Å²) < 4.78 is 0. The quantitative estimate of drug-likeness (QED) is 0.673. The molecule has 2 amide bonds. The molecule has 0 aliphatic carbocycles. The minimum absolute atomic E-state index is 0.0227. The SMILES string of the molecule is CC(O)CC1CCCN1C(=O)NC(CCC(=O)O)Cc1ccccc1. The molecule has 3 N–H and O–H groups in total. The van der Waals surface area contributed by atoms with Crippen molar-refractivity contribution in [2.75, 3.05) is 6.54 Å². The molecular formula is C19H28N2O4. The summed E-state index contributed by atoms with van der Waals surface area (Å²) in [6.45, 7) is 2.42. The van der Waals surface area contributed by atoms with E-state index in [9.17, 15) is 14.7 Å². The monoisotopic (exact) mass is 348 g/mol. The zero-order valence-electron chi connectivity index (χ0n) is 14.7. The fraction of sp³-hybridized carbons (Fsp3) is 0.579. The van der Waals surface area contributed by atoms with Crippen LogP contribution in [0.3, 0.4) is 0 Å². The van der Waals surface area contributed by atoms with Gasteiger partial charge in [-0.25, -0.2) is 4.79 Å². The summed E-state index contributed by atoms with van der Waals surface area (Å²) in [5, 5.41) is 21.6. The van der Waals surface area contributed by atoms with Crippen LogP contribution in [0.1, 0.15) is 44.6 Å². The summed E-state index contributed by atoms with van der Waals surface area (Å²) in [6.07, 6.45) is 2.99. The standard InChI is InChI=1S/C19H28N2O4/c1-14(22)12-17-8-5-11-21(17)19(25)20-16(9-10-18(23)24)13-15-6-3-2-4-7-15/h2-4,6-7,14,16-17,22H,5,8-13H2,1H3,(H,20,25)(H,23,24). The van der Waals surface area contributed by atoms with E-state index in [1.807, 2.05) is 30.3 Å². The number of hydrogen-bond acceptors (Lipinski definition) is 3. The van der Waals surface area contributed by atoms with Crippen LogP contribution in [0, 0.1) is 0 Å². The molecule has 2 rings (SSSR count). The van der Waals surface area contributed by atoms with Crippen LogP contribution in [0.25, 0.3) is 0 Å². The van der Waals surface area contributed by atoms with Gasteiger partial charge < -0.3 is 20.4 Å². The zero-order valence-corrected chi connectivity index (χ0v) is 14.7. The number of amides is 2. The number of carboxylic acid groups (broad SMARTS) is 1. The van der Waals surface area contributed by atoms with Crippen LogP contribution in [-0.4, -0.2) is 51.8 Å². The highest BCUT2D eigenvalue weighted by molar-refractivity contribution is 5.75. The third-order valence-corrected chi connectivity index (χ3v) is 4.61. The van der Waals surface area contributed by atoms with Crippen LogP contribution >= 0.6 is 0 Å². The van der Waals surface area contributed by atoms with Crippen molar-refractivity contribution in [2.24, 2.45) is 0 Å². The summed E-state index contributed by atoms with van der Waals surface area (Å²) in [5.74, 6) is -0.861. The van der Waals surface area contributed by atoms with E-state index < -0.39 is 12.1 Å². The van der Waals surface area contributed by atoms with Crippen molar-refractivity contribution >= 4 is 12.0 Å². The van der Waals surface area contributed by atoms with E-state index in [0.29, 0.717) is 25.8 Å². The molecule has 1 heterocycles. The van der Waals surface area contributed by atoms with Gasteiger partial charge in [0.05, 0.1) is 6.10 Å². The lowest BCUT2D eigenvalue weighted by molar-refractivity contribution is -0.137. The number of rotatable bonds is 8. The van der Waals surface area contributed by atoms with E-state index >= 15 is 0 Å². The Hall–Kier alpha value is -2.08. The van der Waals surface area contributed by atoms with Crippen molar-refractivity contribution in [2.45, 2.75) is 63.6 Å². The summed E-state index contributed by atoms with van der Waals surface area (Å²) in [6, 6.07) is 9.43. The first-order valence-electron chi connectivity index (χ1n) is 8.96. The van der Waals surface area contributed by atoms with Gasteiger partial charge >= 0.3 is 12.0 Å². The molecule has 3 unspecified atom stereocenters. The molecule has 0 radical (unpaired) electrons. The van der Waals surface area contributed by atoms with Gasteiger partial charge in [0.1, 0.15) is 0 Å². The Kier molecular flexibility index (Phi) is 7.25. The zero-order chi connectivity index (χ0) is 18.2. The highest BCUT2D eigenvalue weighted by Crippen LogP contribution is 2.22. The second kappa shape index (κ2) is 9.42. The molecule has 1 aromatic rings. The van der Waals surface area contributed by atoms with E-state index in [0.717, 1.165) is 18.4 Å². The molecule has 1 aliphatic rings. The van der Waals surface area contributed by atoms with Gasteiger partial charge in [0.2, 0.25) is 0 Å². The van der Waals surface area contributed by atoms with Crippen LogP contribution in [-0.2, 0) is 11.2 Å². The largest absolute Gasteiger partial charge is 0.481 e. The molecule has 1 saturated heterocycles. The molecular weight excluding hydrogens is 320 g/mol. The fourth-order valence-corrected chi connectivity index (χ4v) is 3.42. The number of carbonyl (C=O) groups is 2. The van der Waals surface area contributed by atoms with Crippen molar-refractivity contribution in [3.8, 4) is 0 Å². The lowest BCUT2D eigenvalue weighted by atomic mass is 10.0. The van der Waals surface area contributed by atoms with Gasteiger partial charge in [0.25, 0.3) is 0 Å². The number of hydrogen-bond donors (Lipinski definition) is 3. The number of likely N-dealkylation sites (tertiary alicyclic amines) is 1. The molecule has 25 heavy (non-hydrogen) atoms. The van der Waals surface area contributed by atoms with Gasteiger partial charge in [-0.15, -0.1) is 0 Å². The number of aliphatic hydroxyl groups excluding tert-OH is 1. The molecule has 1 fully saturated rings. The molecule has 0 spiro atoms. The molecule has 6 heteroatoms. The maximum atomic E-state index is 12.7. The first kappa shape index (κ1) is 19.2. The first-order chi connectivity index (χ1) is 12.0. The van der Waals surface area contributed by atoms with Gasteiger partial charge in [0, 0.05) is 25.0 Å². The Morgan fingerprint density at radius 2 is 2.04 bits per heavy atom. The average Bonchev–Trinajstić information content (AvgIpc) is 3.01. The molecule has 0 saturated carbocycles. The van der Waals surface area contributed by atoms with E-state index in [1.54, 1.807) is 11.8 Å². The minimum Gasteiger partial charge on any atom is -0.481 e. The van der Waals surface area contributed by atoms with Crippen molar-refractivity contribution in [1.29, 1.82) is 0 Å². The number of urea groups is 1. The molecule has 1 aliphatic heterocycles. The predicted octanol–water partition coefficient (Wildman–Crippen LogP) is 2.41. The highest BCUT2D eigenvalue weighted by atomic mass is 16.4. The van der Waals surface area contributed by atoms with Crippen molar-refractivity contribution in [3.63, 3.8) is 0 Å². The number of nitrogens with one attached hydrogen (secondary N) is 1. The first-order valence-corrected chi connectivity index (χ1v) is 8.96. The number of carbonyl (C=O) groups excluding carboxylic acids is 1. The Morgan fingerprint density at radius 3 is 2.68 bits per heavy atom. The van der Waals surface area contributed by atoms with Crippen LogP contribution in [0.5, 0.6) is 0 Å². The van der Waals surface area contributed by atoms with E-state index in [-0.39, 0.29) is 24.5 Å². The Morgan fingerprint density at radius 1 is 1.32 bits per heavy atom. The summed E-state index contributed by atoms with van der Waals surface area (Å²) in [4.78, 5) is 25.4. The maximum Gasteiger partial charge on any atom is 0.317 e. The number of carboxylic acids is 1. The average molecular weight is 348 g/mol. The van der Waals surface area contributed by atoms with Gasteiger partial charge in [-0.2, -0.15) is 0 Å². The number of aliphatic hydroxyl groups is 1. The van der Waals surface area contributed by atoms with Gasteiger partial charge in [-0.05, 0) is 44.6 Å². The summed E-state index contributed by atoms with van der Waals surface area (Å²) in [5.41, 5.74) is 1.07. The van der Waals surface area contributed by atoms with Crippen molar-refractivity contribution in [3.05, 3.63) is 35.9 Å². The van der Waals surface area contributed by atoms with Crippen molar-refractivity contribution in [1.82, 2.24) is 10.2 Å². The third-order valence-electron chi connectivity index (χ3n) is 4.61. The summed E-state index contributed by atoms with van der Waals surface area (Å²) in [7, 11) is 0. The lowest BCUT2D eigenvalue weighted by Crippen LogP contribution is -2.48. The van der Waals surface area contributed by atoms with Crippen LogP contribution < -0.4 is 5.32 Å². The molecule has 0 aromatic heterocycles. The molecule has 1 aromatic carbocycles. The predicted molar refractivity (Wildman–Crippen MR) is 95.4 cm³/mol. The Bertz CT molecular complexity index is 562. The number of nitrogens with zero attached hydrogens (tertiary/aromatic N) is 1. The highest BCUT2D eigenvalue weighted by Gasteiger charge is 2.30. The number of benzene rings is 1. The maximum absolute atomic E-state index is 12.7. The third kappa shape index (κ3) is 6.38. The van der Waals surface area contributed by atoms with Crippen LogP contribution in [0.4, 0.5) is 4.79 Å². The second-order valence-corrected chi connectivity index (χ2v) is 6.84. The normalized spacial score (nSPS) is 19.4. The molecule has 6 nitrogen and oxygen atoms in total. The molecule has 138 valence electrons. The van der Waals surface area contributed by atoms with E-state index in [2.05, 4.69) is 5.32 Å². The van der Waals surface area contributed by atoms with Crippen molar-refractivity contribution < 1.29 is 19.8 Å². The Labute approximate surface area is 148 Å². The van der Waals surface area contributed by atoms with E-state index in [4.69, 9.17) is 5.11 Å². The smallest absolute Gasteiger partial charge is 0.317 e. The van der Waals surface area contributed by atoms with Crippen LogP contribution in [0.2, 0.25) is 0 Å². The fourth-order valence-electron chi connectivity index (χ4n) is 3.42. The lowest BCUT2D eigenvalue weighted by Gasteiger charge is -2.28. The summed E-state index contributed by atoms with van der Waals surface area (Å²) >= 11 is 0. The second-order valence-electron chi connectivity index (χ2n) is 6.84. The van der Waals surface area contributed by atoms with E-state index in [1.165, 1.54) is 0 Å². The molecule has 3 atom stereocenters. The topological polar surface area (TPSA) is 89.9 Å². The van der Waals surface area contributed by atoms with Crippen LogP contribution in [0.15, 0.2) is 30.3 Å². The van der Waals surface area contributed by atoms with Gasteiger partial charge in [-0.3, -0.25) is 4.79 Å². The van der Waals surface area contributed by atoms with Gasteiger partial charge in [-0.1, -0.05) is 30.3 Å². The Balaban J connectivity index is 1.99. The number of aliphatic carboxylic acids is 1. The minimum atomic E-state index is -0.861. The molecule has 0 bridgehead atoms. The van der Waals surface area contributed by atoms with Gasteiger partial charge in [0.15, 0.2) is 0 Å².